The summed E-state index contributed by atoms with van der Waals surface area (Å²) in [4.78, 5) is 34.0. The van der Waals surface area contributed by atoms with Crippen LogP contribution in [0.1, 0.15) is 25.8 Å². The van der Waals surface area contributed by atoms with Gasteiger partial charge < -0.3 is 15.2 Å². The van der Waals surface area contributed by atoms with Crippen molar-refractivity contribution in [2.45, 2.75) is 31.8 Å². The van der Waals surface area contributed by atoms with Crippen LogP contribution in [0.2, 0.25) is 0 Å². The van der Waals surface area contributed by atoms with Gasteiger partial charge in [-0.05, 0) is 19.4 Å². The molecule has 2 atom stereocenters. The minimum Gasteiger partial charge on any atom is -0.480 e. The van der Waals surface area contributed by atoms with Gasteiger partial charge in [-0.3, -0.25) is 14.3 Å². The Bertz CT molecular complexity index is 471. The van der Waals surface area contributed by atoms with Gasteiger partial charge in [-0.1, -0.05) is 0 Å². The molecule has 1 heterocycles. The summed E-state index contributed by atoms with van der Waals surface area (Å²) in [5.41, 5.74) is 0. The van der Waals surface area contributed by atoms with Gasteiger partial charge in [-0.2, -0.15) is 5.10 Å². The first-order valence-electron chi connectivity index (χ1n) is 6.04. The fourth-order valence-electron chi connectivity index (χ4n) is 1.54. The van der Waals surface area contributed by atoms with Gasteiger partial charge in [0.2, 0.25) is 5.91 Å². The molecule has 0 spiro atoms. The van der Waals surface area contributed by atoms with Crippen LogP contribution in [-0.2, 0) is 19.1 Å². The smallest absolute Gasteiger partial charge is 0.326 e. The van der Waals surface area contributed by atoms with Gasteiger partial charge in [-0.15, -0.1) is 0 Å². The van der Waals surface area contributed by atoms with E-state index < -0.39 is 29.9 Å². The van der Waals surface area contributed by atoms with Crippen LogP contribution in [-0.4, -0.2) is 45.9 Å². The molecular weight excluding hydrogens is 266 g/mol. The minimum absolute atomic E-state index is 0.0282. The van der Waals surface area contributed by atoms with E-state index in [1.807, 2.05) is 0 Å². The Kier molecular flexibility index (Phi) is 5.70. The molecule has 110 valence electrons. The number of esters is 1. The average Bonchev–Trinajstić information content (AvgIpc) is 2.95. The zero-order chi connectivity index (χ0) is 15.1. The number of carbonyl (C=O) groups is 3. The van der Waals surface area contributed by atoms with E-state index in [2.05, 4.69) is 15.2 Å². The van der Waals surface area contributed by atoms with Crippen molar-refractivity contribution in [3.8, 4) is 0 Å². The molecule has 0 saturated heterocycles. The zero-order valence-corrected chi connectivity index (χ0v) is 11.3. The highest BCUT2D eigenvalue weighted by atomic mass is 16.5. The van der Waals surface area contributed by atoms with Crippen LogP contribution in [0.3, 0.4) is 0 Å². The number of amides is 1. The van der Waals surface area contributed by atoms with Crippen LogP contribution < -0.4 is 5.32 Å². The normalized spacial score (nSPS) is 13.3. The number of carboxylic acid groups (broad SMARTS) is 1. The molecule has 0 fully saturated rings. The summed E-state index contributed by atoms with van der Waals surface area (Å²) in [5, 5.41) is 15.3. The van der Waals surface area contributed by atoms with E-state index in [9.17, 15) is 14.4 Å². The van der Waals surface area contributed by atoms with Crippen LogP contribution in [0.4, 0.5) is 0 Å². The molecule has 1 aromatic rings. The Morgan fingerprint density at radius 2 is 2.15 bits per heavy atom. The van der Waals surface area contributed by atoms with Gasteiger partial charge in [0, 0.05) is 18.8 Å². The number of nitrogens with zero attached hydrogens (tertiary/aromatic N) is 2. The van der Waals surface area contributed by atoms with E-state index in [0.717, 1.165) is 0 Å². The number of carboxylic acids is 1. The van der Waals surface area contributed by atoms with Crippen LogP contribution in [0.5, 0.6) is 0 Å². The van der Waals surface area contributed by atoms with Crippen molar-refractivity contribution < 1.29 is 24.2 Å². The van der Waals surface area contributed by atoms with Crippen molar-refractivity contribution in [3.05, 3.63) is 18.5 Å². The fourth-order valence-corrected chi connectivity index (χ4v) is 1.54. The van der Waals surface area contributed by atoms with Crippen LogP contribution >= 0.6 is 0 Å². The first-order chi connectivity index (χ1) is 9.45. The quantitative estimate of drug-likeness (QED) is 0.680. The summed E-state index contributed by atoms with van der Waals surface area (Å²) in [5.74, 6) is -2.20. The predicted octanol–water partition coefficient (Wildman–Crippen LogP) is -0.0333. The summed E-state index contributed by atoms with van der Waals surface area (Å²) in [6.45, 7) is 1.60. The number of rotatable bonds is 7. The Morgan fingerprint density at radius 1 is 1.45 bits per heavy atom. The number of ether oxygens (including phenoxy) is 1. The van der Waals surface area contributed by atoms with Gasteiger partial charge in [-0.25, -0.2) is 4.79 Å². The third kappa shape index (κ3) is 4.38. The highest BCUT2D eigenvalue weighted by Gasteiger charge is 2.24. The Hall–Kier alpha value is -2.38. The van der Waals surface area contributed by atoms with Gasteiger partial charge in [0.25, 0.3) is 0 Å². The maximum Gasteiger partial charge on any atom is 0.326 e. The fraction of sp³-hybridized carbons (Fsp3) is 0.500. The summed E-state index contributed by atoms with van der Waals surface area (Å²) in [7, 11) is 1.22. The molecular formula is C12H17N3O5. The molecule has 1 aromatic heterocycles. The van der Waals surface area contributed by atoms with E-state index in [-0.39, 0.29) is 12.8 Å². The number of carbonyl (C=O) groups excluding carboxylic acids is 2. The molecule has 0 bridgehead atoms. The van der Waals surface area contributed by atoms with E-state index in [1.54, 1.807) is 19.2 Å². The molecule has 0 radical (unpaired) electrons. The molecule has 0 saturated carbocycles. The lowest BCUT2D eigenvalue weighted by molar-refractivity contribution is -0.144. The number of nitrogens with one attached hydrogen (secondary N) is 1. The number of aromatic nitrogens is 2. The van der Waals surface area contributed by atoms with Crippen LogP contribution in [0, 0.1) is 0 Å². The van der Waals surface area contributed by atoms with Crippen molar-refractivity contribution in [1.82, 2.24) is 15.1 Å². The number of hydrogen-bond acceptors (Lipinski definition) is 5. The highest BCUT2D eigenvalue weighted by Crippen LogP contribution is 2.06. The summed E-state index contributed by atoms with van der Waals surface area (Å²) in [6.07, 6.45) is 3.02. The van der Waals surface area contributed by atoms with Crippen LogP contribution in [0.25, 0.3) is 0 Å². The molecule has 2 unspecified atom stereocenters. The SMILES string of the molecule is COC(=O)CCC(NC(=O)C(C)n1cccn1)C(=O)O. The van der Waals surface area contributed by atoms with Crippen molar-refractivity contribution >= 4 is 17.8 Å². The van der Waals surface area contributed by atoms with Gasteiger partial charge in [0.05, 0.1) is 7.11 Å². The lowest BCUT2D eigenvalue weighted by atomic mass is 10.1. The Morgan fingerprint density at radius 3 is 2.65 bits per heavy atom. The van der Waals surface area contributed by atoms with Gasteiger partial charge in [0.15, 0.2) is 0 Å². The third-order valence-corrected chi connectivity index (χ3v) is 2.78. The molecule has 1 amide bonds. The van der Waals surface area contributed by atoms with E-state index in [4.69, 9.17) is 5.11 Å². The topological polar surface area (TPSA) is 111 Å². The molecule has 8 nitrogen and oxygen atoms in total. The molecule has 8 heteroatoms. The first-order valence-corrected chi connectivity index (χ1v) is 6.04. The molecule has 2 N–H and O–H groups in total. The van der Waals surface area contributed by atoms with E-state index in [1.165, 1.54) is 18.0 Å². The first kappa shape index (κ1) is 15.7. The Balaban J connectivity index is 2.59. The number of aliphatic carboxylic acids is 1. The second-order valence-electron chi connectivity index (χ2n) is 4.18. The second kappa shape index (κ2) is 7.27. The van der Waals surface area contributed by atoms with Crippen molar-refractivity contribution in [3.63, 3.8) is 0 Å². The molecule has 20 heavy (non-hydrogen) atoms. The monoisotopic (exact) mass is 283 g/mol. The average molecular weight is 283 g/mol. The molecule has 0 aliphatic rings. The molecule has 0 aliphatic carbocycles. The van der Waals surface area contributed by atoms with E-state index >= 15 is 0 Å². The standard InChI is InChI=1S/C12H17N3O5/c1-8(15-7-3-6-13-15)11(17)14-9(12(18)19)4-5-10(16)20-2/h3,6-9H,4-5H2,1-2H3,(H,14,17)(H,18,19). The zero-order valence-electron chi connectivity index (χ0n) is 11.3. The maximum atomic E-state index is 11.9. The summed E-state index contributed by atoms with van der Waals surface area (Å²) < 4.78 is 5.84. The van der Waals surface area contributed by atoms with Crippen molar-refractivity contribution in [2.24, 2.45) is 0 Å². The summed E-state index contributed by atoms with van der Waals surface area (Å²) in [6, 6.07) is -0.111. The Labute approximate surface area is 115 Å². The molecule has 0 aliphatic heterocycles. The predicted molar refractivity (Wildman–Crippen MR) is 67.8 cm³/mol. The maximum absolute atomic E-state index is 11.9. The van der Waals surface area contributed by atoms with E-state index in [0.29, 0.717) is 0 Å². The summed E-state index contributed by atoms with van der Waals surface area (Å²) >= 11 is 0. The van der Waals surface area contributed by atoms with Gasteiger partial charge in [0.1, 0.15) is 12.1 Å². The largest absolute Gasteiger partial charge is 0.480 e. The number of hydrogen-bond donors (Lipinski definition) is 2. The molecule has 0 aromatic carbocycles. The number of methoxy groups -OCH3 is 1. The minimum atomic E-state index is -1.20. The van der Waals surface area contributed by atoms with Crippen molar-refractivity contribution in [1.29, 1.82) is 0 Å². The van der Waals surface area contributed by atoms with Crippen molar-refractivity contribution in [2.75, 3.05) is 7.11 Å². The lowest BCUT2D eigenvalue weighted by Gasteiger charge is -2.17. The lowest BCUT2D eigenvalue weighted by Crippen LogP contribution is -2.44. The molecule has 1 rings (SSSR count). The van der Waals surface area contributed by atoms with Crippen LogP contribution in [0.15, 0.2) is 18.5 Å². The highest BCUT2D eigenvalue weighted by molar-refractivity contribution is 5.86. The third-order valence-electron chi connectivity index (χ3n) is 2.78. The second-order valence-corrected chi connectivity index (χ2v) is 4.18. The van der Waals surface area contributed by atoms with Gasteiger partial charge >= 0.3 is 11.9 Å².